The molecule has 0 aliphatic carbocycles. The number of rotatable bonds is 29. The van der Waals surface area contributed by atoms with E-state index in [2.05, 4.69) is 20.6 Å². The van der Waals surface area contributed by atoms with Crippen LogP contribution in [0.25, 0.3) is 0 Å². The van der Waals surface area contributed by atoms with E-state index in [1.807, 2.05) is 158 Å². The lowest BCUT2D eigenvalue weighted by Crippen LogP contribution is -2.39. The molecule has 20 heteroatoms. The second-order valence-corrected chi connectivity index (χ2v) is 23.5. The van der Waals surface area contributed by atoms with E-state index in [-0.39, 0.29) is 38.0 Å². The third-order valence-electron chi connectivity index (χ3n) is 15.7. The summed E-state index contributed by atoms with van der Waals surface area (Å²) < 4.78 is 48.5. The van der Waals surface area contributed by atoms with Gasteiger partial charge in [-0.15, -0.1) is 23.5 Å². The Hall–Kier alpha value is -8.56. The van der Waals surface area contributed by atoms with Crippen LogP contribution in [0.4, 0.5) is 11.6 Å². The maximum atomic E-state index is 13.7. The molecule has 2 aliphatic heterocycles. The van der Waals surface area contributed by atoms with Gasteiger partial charge in [0.05, 0.1) is 28.4 Å². The number of anilines is 2. The molecule has 0 unspecified atom stereocenters. The standard InChI is InChI=1S/C68H72N6O12S2/c1-79-53-31-23-49(24-32-53)67(47-17-11-9-12-18-47,50-25-33-54(80-2)34-26-50)71-57-39-41-73(65(77)69-57)59-45-87-63(85-59)43-83-61(75)21-15-7-5-6-8-16-22-62(76)84-44-64-86-60(46-88-64)74-42-40-58(70-66(74)78)72-68(48-19-13-10-14-20-48,51-27-35-55(81-3)36-28-51)52-29-37-56(82-4)38-30-52/h9-14,17-20,23-42,59-60,63-64H,5-8,15-16,21-22,43-46H2,1-4H3,(H,69,71,77)(H,70,72,78)/t59-,60-,63+,64+/m0/s1. The smallest absolute Gasteiger partial charge is 0.351 e. The first-order chi connectivity index (χ1) is 43.0. The van der Waals surface area contributed by atoms with Gasteiger partial charge in [-0.3, -0.25) is 18.7 Å². The van der Waals surface area contributed by atoms with E-state index in [9.17, 15) is 19.2 Å². The van der Waals surface area contributed by atoms with E-state index in [1.165, 1.54) is 32.7 Å². The average molecular weight is 1230 g/mol. The van der Waals surface area contributed by atoms with Crippen LogP contribution in [0.2, 0.25) is 0 Å². The lowest BCUT2D eigenvalue weighted by Gasteiger charge is -2.37. The van der Waals surface area contributed by atoms with Crippen LogP contribution in [0.1, 0.15) is 97.2 Å². The summed E-state index contributed by atoms with van der Waals surface area (Å²) in [5, 5.41) is 7.29. The zero-order valence-corrected chi connectivity index (χ0v) is 51.3. The van der Waals surface area contributed by atoms with Crippen molar-refractivity contribution < 1.29 is 47.5 Å². The van der Waals surface area contributed by atoms with Gasteiger partial charge in [0.25, 0.3) is 0 Å². The van der Waals surface area contributed by atoms with Gasteiger partial charge in [-0.1, -0.05) is 135 Å². The van der Waals surface area contributed by atoms with E-state index in [0.717, 1.165) is 59.1 Å². The molecule has 18 nitrogen and oxygen atoms in total. The number of hydrogen-bond donors (Lipinski definition) is 2. The Labute approximate surface area is 520 Å². The zero-order chi connectivity index (χ0) is 61.3. The predicted octanol–water partition coefficient (Wildman–Crippen LogP) is 11.7. The Morgan fingerprint density at radius 3 is 1.07 bits per heavy atom. The number of unbranched alkanes of at least 4 members (excludes halogenated alkanes) is 5. The highest BCUT2D eigenvalue weighted by Crippen LogP contribution is 2.43. The van der Waals surface area contributed by atoms with Crippen LogP contribution in [0.5, 0.6) is 23.0 Å². The fourth-order valence-electron chi connectivity index (χ4n) is 11.0. The number of thioether (sulfide) groups is 2. The summed E-state index contributed by atoms with van der Waals surface area (Å²) in [4.78, 5) is 62.0. The molecule has 0 saturated carbocycles. The van der Waals surface area contributed by atoms with Crippen molar-refractivity contribution in [1.82, 2.24) is 19.1 Å². The van der Waals surface area contributed by atoms with Crippen LogP contribution in [0.3, 0.4) is 0 Å². The summed E-state index contributed by atoms with van der Waals surface area (Å²) in [6, 6.07) is 54.7. The topological polar surface area (TPSA) is 202 Å². The number of ether oxygens (including phenoxy) is 8. The van der Waals surface area contributed by atoms with Crippen LogP contribution in [0, 0.1) is 0 Å². The molecule has 2 fully saturated rings. The zero-order valence-electron chi connectivity index (χ0n) is 49.6. The molecule has 0 spiro atoms. The summed E-state index contributed by atoms with van der Waals surface area (Å²) in [6.45, 7) is 0.126. The van der Waals surface area contributed by atoms with Gasteiger partial charge in [0, 0.05) is 36.7 Å². The predicted molar refractivity (Wildman–Crippen MR) is 340 cm³/mol. The number of aromatic nitrogens is 4. The Balaban J connectivity index is 0.628. The molecule has 8 aromatic rings. The molecule has 4 heterocycles. The number of carbonyl (C=O) groups excluding carboxylic acids is 2. The van der Waals surface area contributed by atoms with Gasteiger partial charge in [0.15, 0.2) is 0 Å². The summed E-state index contributed by atoms with van der Waals surface area (Å²) >= 11 is 2.95. The normalized spacial score (nSPS) is 16.5. The molecular formula is C68H72N6O12S2. The van der Waals surface area contributed by atoms with Crippen LogP contribution >= 0.6 is 23.5 Å². The summed E-state index contributed by atoms with van der Waals surface area (Å²) in [7, 11) is 6.51. The van der Waals surface area contributed by atoms with Gasteiger partial charge in [-0.2, -0.15) is 9.97 Å². The molecule has 0 amide bonds. The van der Waals surface area contributed by atoms with Crippen LogP contribution in [0.15, 0.2) is 192 Å². The van der Waals surface area contributed by atoms with Crippen molar-refractivity contribution in [1.29, 1.82) is 0 Å². The first-order valence-corrected chi connectivity index (χ1v) is 31.4. The Morgan fingerprint density at radius 1 is 0.455 bits per heavy atom. The monoisotopic (exact) mass is 1230 g/mol. The van der Waals surface area contributed by atoms with Crippen molar-refractivity contribution >= 4 is 47.1 Å². The quantitative estimate of drug-likeness (QED) is 0.0254. The molecule has 0 bridgehead atoms. The number of carbonyl (C=O) groups is 2. The number of benzene rings is 6. The molecule has 2 N–H and O–H groups in total. The average Bonchev–Trinajstić information content (AvgIpc) is 0.950. The third kappa shape index (κ3) is 14.9. The maximum Gasteiger partial charge on any atom is 0.351 e. The van der Waals surface area contributed by atoms with E-state index >= 15 is 0 Å². The van der Waals surface area contributed by atoms with Crippen molar-refractivity contribution in [3.05, 3.63) is 237 Å². The lowest BCUT2D eigenvalue weighted by atomic mass is 9.77. The number of esters is 2. The molecule has 2 aliphatic rings. The van der Waals surface area contributed by atoms with Gasteiger partial charge in [0.2, 0.25) is 0 Å². The van der Waals surface area contributed by atoms with E-state index in [0.29, 0.717) is 59.0 Å². The third-order valence-corrected chi connectivity index (χ3v) is 17.9. The minimum atomic E-state index is -0.971. The minimum absolute atomic E-state index is 0.0629. The van der Waals surface area contributed by atoms with E-state index in [1.54, 1.807) is 53.0 Å². The lowest BCUT2D eigenvalue weighted by molar-refractivity contribution is -0.147. The van der Waals surface area contributed by atoms with Gasteiger partial charge in [-0.05, 0) is 107 Å². The number of methoxy groups -OCH3 is 4. The second-order valence-electron chi connectivity index (χ2n) is 21.1. The van der Waals surface area contributed by atoms with Gasteiger partial charge >= 0.3 is 23.3 Å². The van der Waals surface area contributed by atoms with Gasteiger partial charge in [0.1, 0.15) is 82.3 Å². The number of nitrogens with one attached hydrogen (secondary N) is 2. The second kappa shape index (κ2) is 29.9. The fraction of sp³-hybridized carbons (Fsp3) is 0.324. The van der Waals surface area contributed by atoms with Gasteiger partial charge in [-0.25, -0.2) is 9.59 Å². The molecule has 2 aromatic heterocycles. The summed E-state index contributed by atoms with van der Waals surface area (Å²) in [6.07, 6.45) is 7.61. The SMILES string of the molecule is COc1ccc(C(Nc2ccn([C@@H]3CS[C@H](COC(=O)CCCCCCCCC(=O)OC[C@@H]4O[C@H](n5ccc(NC(c6ccccc6)(c6ccc(OC)cc6)c6ccc(OC)cc6)nc5=O)CS4)O3)c(=O)n2)(c2ccccc2)c2ccc(OC)cc2)cc1. The van der Waals surface area contributed by atoms with Crippen LogP contribution in [-0.4, -0.2) is 95.1 Å². The minimum Gasteiger partial charge on any atom is -0.497 e. The molecule has 2 saturated heterocycles. The Bertz CT molecular complexity index is 3340. The first kappa shape index (κ1) is 62.5. The van der Waals surface area contributed by atoms with Crippen molar-refractivity contribution in [3.8, 4) is 23.0 Å². The molecule has 458 valence electrons. The van der Waals surface area contributed by atoms with Crippen molar-refractivity contribution in [3.63, 3.8) is 0 Å². The van der Waals surface area contributed by atoms with Gasteiger partial charge < -0.3 is 48.5 Å². The maximum absolute atomic E-state index is 13.7. The highest BCUT2D eigenvalue weighted by atomic mass is 32.2. The summed E-state index contributed by atoms with van der Waals surface area (Å²) in [5.41, 5.74) is 1.64. The molecular weight excluding hydrogens is 1160 g/mol. The van der Waals surface area contributed by atoms with Crippen molar-refractivity contribution in [2.24, 2.45) is 0 Å². The highest BCUT2D eigenvalue weighted by molar-refractivity contribution is 8.00. The number of hydrogen-bond acceptors (Lipinski definition) is 18. The highest BCUT2D eigenvalue weighted by Gasteiger charge is 2.40. The van der Waals surface area contributed by atoms with Crippen molar-refractivity contribution in [2.45, 2.75) is 85.8 Å². The largest absolute Gasteiger partial charge is 0.497 e. The van der Waals surface area contributed by atoms with E-state index < -0.39 is 45.8 Å². The van der Waals surface area contributed by atoms with E-state index in [4.69, 9.17) is 37.9 Å². The Kier molecular flexibility index (Phi) is 21.2. The van der Waals surface area contributed by atoms with Crippen molar-refractivity contribution in [2.75, 3.05) is 63.8 Å². The first-order valence-electron chi connectivity index (χ1n) is 29.3. The van der Waals surface area contributed by atoms with Crippen LogP contribution in [-0.2, 0) is 39.6 Å². The molecule has 10 rings (SSSR count). The molecule has 4 atom stereocenters. The molecule has 88 heavy (non-hydrogen) atoms. The van der Waals surface area contributed by atoms with Crippen LogP contribution < -0.4 is 41.0 Å². The molecule has 6 aromatic carbocycles. The fourth-order valence-corrected chi connectivity index (χ4v) is 13.0. The number of nitrogens with zero attached hydrogens (tertiary/aromatic N) is 4. The molecule has 0 radical (unpaired) electrons. The Morgan fingerprint density at radius 2 is 0.761 bits per heavy atom. The summed E-state index contributed by atoms with van der Waals surface area (Å²) in [5.74, 6) is 3.91.